The quantitative estimate of drug-likeness (QED) is 0.598. The molecule has 0 fully saturated rings. The Morgan fingerprint density at radius 1 is 1.14 bits per heavy atom. The van der Waals surface area contributed by atoms with Crippen molar-refractivity contribution >= 4 is 34.2 Å². The SMILES string of the molecule is NCc1ccc2nc(Cl)nc(Cl)c2n1. The lowest BCUT2D eigenvalue weighted by Crippen LogP contribution is -2.00. The lowest BCUT2D eigenvalue weighted by atomic mass is 10.3. The molecule has 2 heterocycles. The van der Waals surface area contributed by atoms with Crippen LogP contribution in [0.3, 0.4) is 0 Å². The maximum Gasteiger partial charge on any atom is 0.224 e. The molecule has 0 aliphatic carbocycles. The molecule has 0 unspecified atom stereocenters. The summed E-state index contributed by atoms with van der Waals surface area (Å²) in [7, 11) is 0. The van der Waals surface area contributed by atoms with Crippen LogP contribution in [-0.2, 0) is 6.54 Å². The molecule has 0 aliphatic rings. The van der Waals surface area contributed by atoms with Gasteiger partial charge in [-0.25, -0.2) is 15.0 Å². The molecule has 0 radical (unpaired) electrons. The van der Waals surface area contributed by atoms with Crippen LogP contribution >= 0.6 is 23.2 Å². The first kappa shape index (κ1) is 9.58. The lowest BCUT2D eigenvalue weighted by Gasteiger charge is -2.01. The average molecular weight is 229 g/mol. The van der Waals surface area contributed by atoms with Crippen LogP contribution in [0.2, 0.25) is 10.4 Å². The van der Waals surface area contributed by atoms with Gasteiger partial charge in [-0.2, -0.15) is 0 Å². The first-order chi connectivity index (χ1) is 6.70. The fourth-order valence-electron chi connectivity index (χ4n) is 1.11. The summed E-state index contributed by atoms with van der Waals surface area (Å²) in [6.07, 6.45) is 0. The van der Waals surface area contributed by atoms with E-state index >= 15 is 0 Å². The molecule has 2 N–H and O–H groups in total. The number of nitrogens with two attached hydrogens (primary N) is 1. The third-order valence-corrected chi connectivity index (χ3v) is 2.17. The molecule has 6 heteroatoms. The maximum absolute atomic E-state index is 5.85. The molecule has 0 amide bonds. The number of hydrogen-bond acceptors (Lipinski definition) is 4. The van der Waals surface area contributed by atoms with Crippen molar-refractivity contribution in [2.75, 3.05) is 0 Å². The van der Waals surface area contributed by atoms with E-state index < -0.39 is 0 Å². The van der Waals surface area contributed by atoms with Crippen molar-refractivity contribution in [1.29, 1.82) is 0 Å². The summed E-state index contributed by atoms with van der Waals surface area (Å²) >= 11 is 11.5. The van der Waals surface area contributed by atoms with Gasteiger partial charge in [0.05, 0.1) is 11.2 Å². The highest BCUT2D eigenvalue weighted by Crippen LogP contribution is 2.20. The van der Waals surface area contributed by atoms with E-state index in [1.165, 1.54) is 0 Å². The summed E-state index contributed by atoms with van der Waals surface area (Å²) in [5.41, 5.74) is 7.33. The van der Waals surface area contributed by atoms with Crippen LogP contribution in [0.1, 0.15) is 5.69 Å². The molecule has 2 rings (SSSR count). The van der Waals surface area contributed by atoms with Crippen molar-refractivity contribution in [3.8, 4) is 0 Å². The Kier molecular flexibility index (Phi) is 2.50. The van der Waals surface area contributed by atoms with Gasteiger partial charge in [0, 0.05) is 6.54 Å². The molecule has 0 saturated heterocycles. The molecule has 14 heavy (non-hydrogen) atoms. The fourth-order valence-corrected chi connectivity index (χ4v) is 1.54. The van der Waals surface area contributed by atoms with E-state index in [-0.39, 0.29) is 10.4 Å². The standard InChI is InChI=1S/C8H6Cl2N4/c9-7-6-5(13-8(10)14-7)2-1-4(3-11)12-6/h1-2H,3,11H2. The van der Waals surface area contributed by atoms with E-state index in [1.807, 2.05) is 0 Å². The van der Waals surface area contributed by atoms with Crippen LogP contribution in [0.15, 0.2) is 12.1 Å². The summed E-state index contributed by atoms with van der Waals surface area (Å²) < 4.78 is 0. The molecule has 0 spiro atoms. The summed E-state index contributed by atoms with van der Waals surface area (Å²) in [6.45, 7) is 0.356. The fraction of sp³-hybridized carbons (Fsp3) is 0.125. The molecule has 2 aromatic heterocycles. The molecule has 0 atom stereocenters. The van der Waals surface area contributed by atoms with Crippen LogP contribution in [0.4, 0.5) is 0 Å². The van der Waals surface area contributed by atoms with E-state index in [0.29, 0.717) is 17.6 Å². The Balaban J connectivity index is 2.75. The molecule has 72 valence electrons. The van der Waals surface area contributed by atoms with Crippen molar-refractivity contribution < 1.29 is 0 Å². The van der Waals surface area contributed by atoms with Gasteiger partial charge in [0.2, 0.25) is 5.28 Å². The van der Waals surface area contributed by atoms with Gasteiger partial charge in [-0.3, -0.25) is 0 Å². The topological polar surface area (TPSA) is 64.7 Å². The Morgan fingerprint density at radius 2 is 1.93 bits per heavy atom. The van der Waals surface area contributed by atoms with Crippen molar-refractivity contribution in [2.24, 2.45) is 5.73 Å². The Bertz CT molecular complexity index is 486. The minimum absolute atomic E-state index is 0.116. The van der Waals surface area contributed by atoms with Crippen LogP contribution in [0.25, 0.3) is 11.0 Å². The van der Waals surface area contributed by atoms with Crippen molar-refractivity contribution in [2.45, 2.75) is 6.54 Å². The van der Waals surface area contributed by atoms with Crippen molar-refractivity contribution in [1.82, 2.24) is 15.0 Å². The van der Waals surface area contributed by atoms with Gasteiger partial charge in [0.25, 0.3) is 0 Å². The zero-order valence-electron chi connectivity index (χ0n) is 7.04. The smallest absolute Gasteiger partial charge is 0.224 e. The number of pyridine rings is 1. The molecular formula is C8H6Cl2N4. The minimum Gasteiger partial charge on any atom is -0.325 e. The average Bonchev–Trinajstić information content (AvgIpc) is 2.17. The Morgan fingerprint density at radius 3 is 2.64 bits per heavy atom. The van der Waals surface area contributed by atoms with Gasteiger partial charge in [-0.1, -0.05) is 11.6 Å². The lowest BCUT2D eigenvalue weighted by molar-refractivity contribution is 1.00. The van der Waals surface area contributed by atoms with E-state index in [2.05, 4.69) is 15.0 Å². The normalized spacial score (nSPS) is 10.8. The molecule has 0 aromatic carbocycles. The predicted octanol–water partition coefficient (Wildman–Crippen LogP) is 1.79. The predicted molar refractivity (Wildman–Crippen MR) is 55.2 cm³/mol. The molecule has 4 nitrogen and oxygen atoms in total. The van der Waals surface area contributed by atoms with Crippen molar-refractivity contribution in [3.63, 3.8) is 0 Å². The van der Waals surface area contributed by atoms with Gasteiger partial charge in [0.15, 0.2) is 5.15 Å². The Hall–Kier alpha value is -0.970. The largest absolute Gasteiger partial charge is 0.325 e. The second-order valence-corrected chi connectivity index (χ2v) is 3.35. The first-order valence-electron chi connectivity index (χ1n) is 3.89. The van der Waals surface area contributed by atoms with Gasteiger partial charge in [0.1, 0.15) is 5.52 Å². The van der Waals surface area contributed by atoms with Crippen LogP contribution in [0.5, 0.6) is 0 Å². The summed E-state index contributed by atoms with van der Waals surface area (Å²) in [5, 5.41) is 0.361. The Labute approximate surface area is 90.1 Å². The number of halogens is 2. The molecule has 0 aliphatic heterocycles. The zero-order valence-corrected chi connectivity index (χ0v) is 8.55. The molecule has 2 aromatic rings. The zero-order chi connectivity index (χ0) is 10.1. The van der Waals surface area contributed by atoms with Crippen LogP contribution in [-0.4, -0.2) is 15.0 Å². The summed E-state index contributed by atoms with van der Waals surface area (Å²) in [4.78, 5) is 12.0. The molecule has 0 saturated carbocycles. The number of rotatable bonds is 1. The number of nitrogens with zero attached hydrogens (tertiary/aromatic N) is 3. The first-order valence-corrected chi connectivity index (χ1v) is 4.65. The highest BCUT2D eigenvalue weighted by molar-refractivity contribution is 6.35. The number of hydrogen-bond donors (Lipinski definition) is 1. The third-order valence-electron chi connectivity index (χ3n) is 1.74. The van der Waals surface area contributed by atoms with Gasteiger partial charge in [-0.05, 0) is 23.7 Å². The maximum atomic E-state index is 5.85. The second-order valence-electron chi connectivity index (χ2n) is 2.66. The molecular weight excluding hydrogens is 223 g/mol. The highest BCUT2D eigenvalue weighted by Gasteiger charge is 2.06. The monoisotopic (exact) mass is 228 g/mol. The van der Waals surface area contributed by atoms with E-state index in [0.717, 1.165) is 5.69 Å². The number of aromatic nitrogens is 3. The van der Waals surface area contributed by atoms with Crippen LogP contribution in [0, 0.1) is 0 Å². The van der Waals surface area contributed by atoms with Crippen molar-refractivity contribution in [3.05, 3.63) is 28.3 Å². The number of fused-ring (bicyclic) bond motifs is 1. The highest BCUT2D eigenvalue weighted by atomic mass is 35.5. The van der Waals surface area contributed by atoms with Gasteiger partial charge < -0.3 is 5.73 Å². The second kappa shape index (κ2) is 3.65. The van der Waals surface area contributed by atoms with Gasteiger partial charge in [-0.15, -0.1) is 0 Å². The third kappa shape index (κ3) is 1.64. The van der Waals surface area contributed by atoms with Gasteiger partial charge >= 0.3 is 0 Å². The van der Waals surface area contributed by atoms with E-state index in [1.54, 1.807) is 12.1 Å². The summed E-state index contributed by atoms with van der Waals surface area (Å²) in [6, 6.07) is 3.55. The molecule has 0 bridgehead atoms. The van der Waals surface area contributed by atoms with Crippen LogP contribution < -0.4 is 5.73 Å². The summed E-state index contributed by atoms with van der Waals surface area (Å²) in [5.74, 6) is 0. The van der Waals surface area contributed by atoms with E-state index in [4.69, 9.17) is 28.9 Å². The van der Waals surface area contributed by atoms with E-state index in [9.17, 15) is 0 Å². The minimum atomic E-state index is 0.116.